The van der Waals surface area contributed by atoms with Gasteiger partial charge in [0.05, 0.1) is 6.20 Å². The number of hydrogen-bond acceptors (Lipinski definition) is 6. The Balaban J connectivity index is 1.35. The first kappa shape index (κ1) is 19.3. The van der Waals surface area contributed by atoms with Crippen LogP contribution in [0.1, 0.15) is 10.4 Å². The van der Waals surface area contributed by atoms with Crippen LogP contribution in [0.5, 0.6) is 0 Å². The summed E-state index contributed by atoms with van der Waals surface area (Å²) in [6, 6.07) is 15.6. The molecule has 4 aromatic rings. The monoisotopic (exact) mass is 413 g/mol. The van der Waals surface area contributed by atoms with Gasteiger partial charge in [-0.15, -0.1) is 0 Å². The highest BCUT2D eigenvalue weighted by atomic mass is 16.3. The van der Waals surface area contributed by atoms with Crippen LogP contribution in [0, 0.1) is 0 Å². The predicted molar refractivity (Wildman–Crippen MR) is 121 cm³/mol. The number of nitrogens with zero attached hydrogens (tertiary/aromatic N) is 4. The minimum Gasteiger partial charge on any atom is -0.444 e. The van der Waals surface area contributed by atoms with Gasteiger partial charge in [0, 0.05) is 54.6 Å². The van der Waals surface area contributed by atoms with Gasteiger partial charge in [0.25, 0.3) is 5.91 Å². The molecular weight excluding hydrogens is 390 g/mol. The van der Waals surface area contributed by atoms with Crippen LogP contribution >= 0.6 is 0 Å². The number of rotatable bonds is 4. The number of benzene rings is 2. The molecule has 1 amide bonds. The van der Waals surface area contributed by atoms with E-state index in [9.17, 15) is 4.79 Å². The molecule has 1 aliphatic rings. The first-order valence-electron chi connectivity index (χ1n) is 10.3. The number of hydrogen-bond donors (Lipinski definition) is 1. The van der Waals surface area contributed by atoms with Crippen LogP contribution in [0.4, 0.5) is 11.5 Å². The zero-order valence-electron chi connectivity index (χ0n) is 17.3. The molecule has 0 saturated carbocycles. The van der Waals surface area contributed by atoms with E-state index < -0.39 is 0 Å². The lowest BCUT2D eigenvalue weighted by molar-refractivity contribution is 0.102. The second kappa shape index (κ2) is 8.20. The summed E-state index contributed by atoms with van der Waals surface area (Å²) in [5, 5.41) is 4.88. The molecule has 1 fully saturated rings. The minimum absolute atomic E-state index is 0.172. The van der Waals surface area contributed by atoms with Crippen molar-refractivity contribution in [2.45, 2.75) is 0 Å². The summed E-state index contributed by atoms with van der Waals surface area (Å²) in [6.07, 6.45) is 4.85. The predicted octanol–water partition coefficient (Wildman–Crippen LogP) is 3.89. The van der Waals surface area contributed by atoms with Crippen LogP contribution in [0.15, 0.2) is 71.7 Å². The maximum absolute atomic E-state index is 12.9. The van der Waals surface area contributed by atoms with Gasteiger partial charge in [0.1, 0.15) is 5.82 Å². The van der Waals surface area contributed by atoms with E-state index in [-0.39, 0.29) is 5.91 Å². The van der Waals surface area contributed by atoms with Crippen molar-refractivity contribution in [3.8, 4) is 11.3 Å². The molecule has 1 N–H and O–H groups in total. The molecule has 0 atom stereocenters. The van der Waals surface area contributed by atoms with Crippen LogP contribution in [0.2, 0.25) is 0 Å². The number of carbonyl (C=O) groups is 1. The number of piperazine rings is 1. The van der Waals surface area contributed by atoms with Crippen LogP contribution in [0.3, 0.4) is 0 Å². The summed E-state index contributed by atoms with van der Waals surface area (Å²) in [4.78, 5) is 25.9. The summed E-state index contributed by atoms with van der Waals surface area (Å²) < 4.78 is 5.39. The molecule has 156 valence electrons. The molecule has 3 heterocycles. The minimum atomic E-state index is -0.172. The highest BCUT2D eigenvalue weighted by Crippen LogP contribution is 2.25. The molecule has 1 saturated heterocycles. The molecule has 0 bridgehead atoms. The second-order valence-electron chi connectivity index (χ2n) is 7.79. The van der Waals surface area contributed by atoms with Gasteiger partial charge in [-0.25, -0.2) is 9.97 Å². The molecular formula is C24H23N5O2. The maximum Gasteiger partial charge on any atom is 0.256 e. The molecule has 31 heavy (non-hydrogen) atoms. The SMILES string of the molecule is CN1CCN(c2cccc(C(=O)Nc3cc4cc(-c5cnco5)ccc4cn3)c2)CC1. The molecule has 5 rings (SSSR count). The average molecular weight is 413 g/mol. The number of fused-ring (bicyclic) bond motifs is 1. The van der Waals surface area contributed by atoms with Crippen molar-refractivity contribution in [2.24, 2.45) is 0 Å². The number of amides is 1. The normalized spacial score (nSPS) is 14.7. The van der Waals surface area contributed by atoms with Gasteiger partial charge in [-0.1, -0.05) is 18.2 Å². The van der Waals surface area contributed by atoms with Gasteiger partial charge in [-0.2, -0.15) is 0 Å². The van der Waals surface area contributed by atoms with E-state index in [1.165, 1.54) is 6.39 Å². The van der Waals surface area contributed by atoms with Gasteiger partial charge in [-0.3, -0.25) is 4.79 Å². The van der Waals surface area contributed by atoms with Crippen LogP contribution in [-0.2, 0) is 0 Å². The van der Waals surface area contributed by atoms with Crippen molar-refractivity contribution in [3.63, 3.8) is 0 Å². The maximum atomic E-state index is 12.9. The van der Waals surface area contributed by atoms with E-state index in [2.05, 4.69) is 38.2 Å². The fourth-order valence-corrected chi connectivity index (χ4v) is 3.82. The smallest absolute Gasteiger partial charge is 0.256 e. The number of aromatic nitrogens is 2. The van der Waals surface area contributed by atoms with E-state index >= 15 is 0 Å². The van der Waals surface area contributed by atoms with Crippen LogP contribution in [-0.4, -0.2) is 54.0 Å². The summed E-state index contributed by atoms with van der Waals surface area (Å²) in [5.74, 6) is 1.04. The van der Waals surface area contributed by atoms with Gasteiger partial charge >= 0.3 is 0 Å². The Kier molecular flexibility index (Phi) is 5.09. The lowest BCUT2D eigenvalue weighted by atomic mass is 10.1. The second-order valence-corrected chi connectivity index (χ2v) is 7.79. The molecule has 1 aliphatic heterocycles. The fourth-order valence-electron chi connectivity index (χ4n) is 3.82. The molecule has 7 nitrogen and oxygen atoms in total. The molecule has 0 spiro atoms. The number of likely N-dealkylation sites (N-methyl/N-ethyl adjacent to an activating group) is 1. The Morgan fingerprint density at radius 3 is 2.68 bits per heavy atom. The fraction of sp³-hybridized carbons (Fsp3) is 0.208. The Hall–Kier alpha value is -3.71. The van der Waals surface area contributed by atoms with Gasteiger partial charge < -0.3 is 19.5 Å². The number of anilines is 2. The van der Waals surface area contributed by atoms with Gasteiger partial charge in [0.15, 0.2) is 12.2 Å². The third kappa shape index (κ3) is 4.13. The Morgan fingerprint density at radius 2 is 1.87 bits per heavy atom. The van der Waals surface area contributed by atoms with E-state index in [0.29, 0.717) is 17.1 Å². The average Bonchev–Trinajstić information content (AvgIpc) is 3.34. The van der Waals surface area contributed by atoms with E-state index in [0.717, 1.165) is 48.2 Å². The summed E-state index contributed by atoms with van der Waals surface area (Å²) in [5.41, 5.74) is 2.62. The third-order valence-electron chi connectivity index (χ3n) is 5.66. The van der Waals surface area contributed by atoms with Crippen molar-refractivity contribution in [1.82, 2.24) is 14.9 Å². The molecule has 2 aromatic carbocycles. The van der Waals surface area contributed by atoms with Crippen molar-refractivity contribution in [3.05, 3.63) is 72.9 Å². The van der Waals surface area contributed by atoms with E-state index in [1.54, 1.807) is 12.4 Å². The quantitative estimate of drug-likeness (QED) is 0.547. The third-order valence-corrected chi connectivity index (χ3v) is 5.66. The first-order chi connectivity index (χ1) is 15.2. The van der Waals surface area contributed by atoms with Crippen molar-refractivity contribution in [1.29, 1.82) is 0 Å². The van der Waals surface area contributed by atoms with E-state index in [4.69, 9.17) is 4.42 Å². The van der Waals surface area contributed by atoms with Gasteiger partial charge in [0.2, 0.25) is 0 Å². The summed E-state index contributed by atoms with van der Waals surface area (Å²) >= 11 is 0. The molecule has 0 radical (unpaired) electrons. The van der Waals surface area contributed by atoms with E-state index in [1.807, 2.05) is 42.5 Å². The van der Waals surface area contributed by atoms with Crippen molar-refractivity contribution < 1.29 is 9.21 Å². The zero-order chi connectivity index (χ0) is 21.2. The number of carbonyl (C=O) groups excluding carboxylic acids is 1. The molecule has 7 heteroatoms. The Bertz CT molecular complexity index is 1210. The Labute approximate surface area is 180 Å². The van der Waals surface area contributed by atoms with Crippen LogP contribution in [0.25, 0.3) is 22.1 Å². The number of oxazole rings is 1. The standard InChI is InChI=1S/C24H23N5O2/c1-28-7-9-29(10-8-28)21-4-2-3-18(12-21)24(30)27-23-13-20-11-17(22-15-25-16-31-22)5-6-19(20)14-26-23/h2-6,11-16H,7-10H2,1H3,(H,26,27,30). The lowest BCUT2D eigenvalue weighted by Crippen LogP contribution is -2.44. The number of pyridine rings is 1. The summed E-state index contributed by atoms with van der Waals surface area (Å²) in [7, 11) is 2.13. The highest BCUT2D eigenvalue weighted by molar-refractivity contribution is 6.05. The van der Waals surface area contributed by atoms with Crippen LogP contribution < -0.4 is 10.2 Å². The van der Waals surface area contributed by atoms with Gasteiger partial charge in [-0.05, 0) is 42.8 Å². The molecule has 0 unspecified atom stereocenters. The highest BCUT2D eigenvalue weighted by Gasteiger charge is 2.16. The summed E-state index contributed by atoms with van der Waals surface area (Å²) in [6.45, 7) is 3.96. The number of nitrogens with one attached hydrogen (secondary N) is 1. The van der Waals surface area contributed by atoms with Crippen molar-refractivity contribution >= 4 is 28.2 Å². The zero-order valence-corrected chi connectivity index (χ0v) is 17.3. The van der Waals surface area contributed by atoms with Crippen molar-refractivity contribution in [2.75, 3.05) is 43.4 Å². The Morgan fingerprint density at radius 1 is 1.00 bits per heavy atom. The molecule has 2 aromatic heterocycles. The first-order valence-corrected chi connectivity index (χ1v) is 10.3. The topological polar surface area (TPSA) is 74.5 Å². The molecule has 0 aliphatic carbocycles. The lowest BCUT2D eigenvalue weighted by Gasteiger charge is -2.34. The largest absolute Gasteiger partial charge is 0.444 e.